The molecular formula is C5H11N3O2S. The number of rotatable bonds is 4. The quantitative estimate of drug-likeness (QED) is 0.341. The summed E-state index contributed by atoms with van der Waals surface area (Å²) < 4.78 is 2.08. The second-order valence-corrected chi connectivity index (χ2v) is 2.16. The Morgan fingerprint density at radius 1 is 1.45 bits per heavy atom. The van der Waals surface area contributed by atoms with Crippen LogP contribution < -0.4 is 15.8 Å². The number of thiol groups is 1. The van der Waals surface area contributed by atoms with Crippen LogP contribution in [0.2, 0.25) is 0 Å². The molecule has 0 saturated heterocycles. The van der Waals surface area contributed by atoms with Crippen LogP contribution in [0.4, 0.5) is 4.79 Å². The Balaban J connectivity index is 3.14. The number of urea groups is 1. The lowest BCUT2D eigenvalue weighted by Crippen LogP contribution is -2.31. The van der Waals surface area contributed by atoms with Crippen molar-refractivity contribution in [1.82, 2.24) is 10.0 Å². The Hall–Kier alpha value is -0.910. The summed E-state index contributed by atoms with van der Waals surface area (Å²) in [7, 11) is 0. The third-order valence-electron chi connectivity index (χ3n) is 0.987. The van der Waals surface area contributed by atoms with Gasteiger partial charge in [0.2, 0.25) is 5.91 Å². The van der Waals surface area contributed by atoms with Gasteiger partial charge in [0.1, 0.15) is 0 Å². The number of carbonyl (C=O) groups excluding carboxylic acids is 2. The molecule has 0 saturated carbocycles. The molecule has 0 heterocycles. The van der Waals surface area contributed by atoms with Crippen LogP contribution in [0.5, 0.6) is 0 Å². The van der Waals surface area contributed by atoms with Crippen LogP contribution in [-0.2, 0) is 4.79 Å². The van der Waals surface area contributed by atoms with Crippen molar-refractivity contribution in [1.29, 1.82) is 0 Å². The van der Waals surface area contributed by atoms with Gasteiger partial charge < -0.3 is 11.1 Å². The lowest BCUT2D eigenvalue weighted by Gasteiger charge is -2.00. The first kappa shape index (κ1) is 10.1. The second-order valence-electron chi connectivity index (χ2n) is 1.94. The van der Waals surface area contributed by atoms with Crippen LogP contribution >= 0.6 is 12.8 Å². The van der Waals surface area contributed by atoms with Crippen molar-refractivity contribution in [2.45, 2.75) is 12.8 Å². The van der Waals surface area contributed by atoms with Gasteiger partial charge in [-0.2, -0.15) is 0 Å². The van der Waals surface area contributed by atoms with Gasteiger partial charge in [-0.15, -0.1) is 0 Å². The zero-order chi connectivity index (χ0) is 8.69. The lowest BCUT2D eigenvalue weighted by molar-refractivity contribution is -0.118. The molecule has 0 radical (unpaired) electrons. The highest BCUT2D eigenvalue weighted by molar-refractivity contribution is 7.78. The largest absolute Gasteiger partial charge is 0.370 e. The molecule has 0 spiro atoms. The molecule has 6 heteroatoms. The highest BCUT2D eigenvalue weighted by Gasteiger charge is 1.96. The summed E-state index contributed by atoms with van der Waals surface area (Å²) in [6, 6.07) is -0.377. The predicted octanol–water partition coefficient (Wildman–Crippen LogP) is -0.604. The molecule has 0 aliphatic heterocycles. The van der Waals surface area contributed by atoms with Gasteiger partial charge >= 0.3 is 6.03 Å². The molecule has 0 unspecified atom stereocenters. The maximum Gasteiger partial charge on any atom is 0.324 e. The highest BCUT2D eigenvalue weighted by Crippen LogP contribution is 1.83. The van der Waals surface area contributed by atoms with E-state index in [1.807, 2.05) is 0 Å². The second kappa shape index (κ2) is 5.84. The average Bonchev–Trinajstić information content (AvgIpc) is 1.97. The van der Waals surface area contributed by atoms with Gasteiger partial charge in [-0.05, 0) is 6.42 Å². The standard InChI is InChI=1S/C5H11N3O2S/c6-4(9)2-1-3-7-5(10)8-11/h11H,1-3H2,(H2,6,9)(H2,7,8,10). The van der Waals surface area contributed by atoms with Crippen molar-refractivity contribution < 1.29 is 9.59 Å². The molecular weight excluding hydrogens is 166 g/mol. The van der Waals surface area contributed by atoms with E-state index in [4.69, 9.17) is 5.73 Å². The van der Waals surface area contributed by atoms with E-state index < -0.39 is 0 Å². The van der Waals surface area contributed by atoms with Crippen LogP contribution in [0.15, 0.2) is 0 Å². The summed E-state index contributed by atoms with van der Waals surface area (Å²) >= 11 is 3.50. The molecule has 0 atom stereocenters. The van der Waals surface area contributed by atoms with Gasteiger partial charge in [-0.25, -0.2) is 4.79 Å². The Labute approximate surface area is 70.3 Å². The molecule has 11 heavy (non-hydrogen) atoms. The molecule has 0 aromatic carbocycles. The average molecular weight is 177 g/mol. The van der Waals surface area contributed by atoms with Gasteiger partial charge in [-0.1, -0.05) is 12.8 Å². The van der Waals surface area contributed by atoms with Gasteiger partial charge in [-0.3, -0.25) is 9.52 Å². The van der Waals surface area contributed by atoms with E-state index in [1.165, 1.54) is 0 Å². The van der Waals surface area contributed by atoms with Crippen LogP contribution in [0.3, 0.4) is 0 Å². The van der Waals surface area contributed by atoms with Gasteiger partial charge in [0, 0.05) is 13.0 Å². The van der Waals surface area contributed by atoms with Crippen molar-refractivity contribution in [2.75, 3.05) is 6.54 Å². The van der Waals surface area contributed by atoms with Crippen molar-refractivity contribution >= 4 is 24.8 Å². The fraction of sp³-hybridized carbons (Fsp3) is 0.600. The highest BCUT2D eigenvalue weighted by atomic mass is 32.1. The maximum atomic E-state index is 10.4. The van der Waals surface area contributed by atoms with E-state index >= 15 is 0 Å². The third kappa shape index (κ3) is 6.98. The molecule has 0 aromatic rings. The zero-order valence-corrected chi connectivity index (χ0v) is 6.86. The van der Waals surface area contributed by atoms with E-state index in [2.05, 4.69) is 22.9 Å². The molecule has 5 nitrogen and oxygen atoms in total. The monoisotopic (exact) mass is 177 g/mol. The van der Waals surface area contributed by atoms with Gasteiger partial charge in [0.05, 0.1) is 0 Å². The number of hydrogen-bond donors (Lipinski definition) is 4. The van der Waals surface area contributed by atoms with Crippen molar-refractivity contribution in [3.63, 3.8) is 0 Å². The summed E-state index contributed by atoms with van der Waals surface area (Å²) in [5.74, 6) is -0.363. The first-order chi connectivity index (χ1) is 5.16. The van der Waals surface area contributed by atoms with Gasteiger partial charge in [0.15, 0.2) is 0 Å². The van der Waals surface area contributed by atoms with Crippen LogP contribution in [-0.4, -0.2) is 18.5 Å². The Bertz CT molecular complexity index is 151. The van der Waals surface area contributed by atoms with E-state index in [1.54, 1.807) is 0 Å². The molecule has 0 bridgehead atoms. The van der Waals surface area contributed by atoms with E-state index in [-0.39, 0.29) is 18.4 Å². The fourth-order valence-electron chi connectivity index (χ4n) is 0.504. The minimum Gasteiger partial charge on any atom is -0.370 e. The zero-order valence-electron chi connectivity index (χ0n) is 5.96. The molecule has 0 aromatic heterocycles. The van der Waals surface area contributed by atoms with Crippen molar-refractivity contribution in [2.24, 2.45) is 5.73 Å². The third-order valence-corrected chi connectivity index (χ3v) is 1.19. The van der Waals surface area contributed by atoms with E-state index in [0.717, 1.165) is 0 Å². The Morgan fingerprint density at radius 3 is 2.55 bits per heavy atom. The van der Waals surface area contributed by atoms with Crippen LogP contribution in [0.25, 0.3) is 0 Å². The summed E-state index contributed by atoms with van der Waals surface area (Å²) in [5, 5.41) is 2.45. The molecule has 64 valence electrons. The lowest BCUT2D eigenvalue weighted by atomic mass is 10.3. The normalized spacial score (nSPS) is 8.82. The smallest absolute Gasteiger partial charge is 0.324 e. The Morgan fingerprint density at radius 2 is 2.09 bits per heavy atom. The molecule has 0 aliphatic carbocycles. The predicted molar refractivity (Wildman–Crippen MR) is 43.9 cm³/mol. The van der Waals surface area contributed by atoms with Crippen LogP contribution in [0.1, 0.15) is 12.8 Å². The summed E-state index contributed by atoms with van der Waals surface area (Å²) in [5.41, 5.74) is 4.86. The first-order valence-electron chi connectivity index (χ1n) is 3.13. The SMILES string of the molecule is NC(=O)CCCNC(=O)NS. The van der Waals surface area contributed by atoms with E-state index in [9.17, 15) is 9.59 Å². The van der Waals surface area contributed by atoms with Crippen LogP contribution in [0, 0.1) is 0 Å². The van der Waals surface area contributed by atoms with Gasteiger partial charge in [0.25, 0.3) is 0 Å². The molecule has 0 rings (SSSR count). The first-order valence-corrected chi connectivity index (χ1v) is 3.57. The minimum absolute atomic E-state index is 0.285. The van der Waals surface area contributed by atoms with Crippen molar-refractivity contribution in [3.05, 3.63) is 0 Å². The molecule has 4 N–H and O–H groups in total. The number of hydrogen-bond acceptors (Lipinski definition) is 3. The summed E-state index contributed by atoms with van der Waals surface area (Å²) in [6.45, 7) is 0.426. The summed E-state index contributed by atoms with van der Waals surface area (Å²) in [4.78, 5) is 20.6. The minimum atomic E-state index is -0.377. The Kier molecular flexibility index (Phi) is 5.36. The molecule has 0 aliphatic rings. The maximum absolute atomic E-state index is 10.4. The molecule has 0 fully saturated rings. The molecule has 3 amide bonds. The van der Waals surface area contributed by atoms with Crippen molar-refractivity contribution in [3.8, 4) is 0 Å². The number of nitrogens with two attached hydrogens (primary N) is 1. The van der Waals surface area contributed by atoms with E-state index in [0.29, 0.717) is 13.0 Å². The number of carbonyl (C=O) groups is 2. The topological polar surface area (TPSA) is 84.2 Å². The summed E-state index contributed by atoms with van der Waals surface area (Å²) in [6.07, 6.45) is 0.837. The number of primary amides is 1. The fourth-order valence-corrected chi connectivity index (χ4v) is 0.583. The number of nitrogens with one attached hydrogen (secondary N) is 2. The number of amides is 3.